The molecular weight excluding hydrogens is 317 g/mol. The lowest BCUT2D eigenvalue weighted by molar-refractivity contribution is 0.0952. The SMILES string of the molecule is O=C(NCCCCCCN1Cc2ccc(F)cc2C1)c1cccnc1. The molecule has 2 heterocycles. The number of hydrogen-bond acceptors (Lipinski definition) is 3. The lowest BCUT2D eigenvalue weighted by Crippen LogP contribution is -2.24. The number of nitrogens with one attached hydrogen (secondary N) is 1. The summed E-state index contributed by atoms with van der Waals surface area (Å²) in [5.41, 5.74) is 2.98. The minimum Gasteiger partial charge on any atom is -0.352 e. The molecule has 25 heavy (non-hydrogen) atoms. The summed E-state index contributed by atoms with van der Waals surface area (Å²) in [5, 5.41) is 2.92. The Hall–Kier alpha value is -2.27. The maximum atomic E-state index is 13.2. The number of halogens is 1. The van der Waals surface area contributed by atoms with Gasteiger partial charge >= 0.3 is 0 Å². The Balaban J connectivity index is 1.25. The molecular formula is C20H24FN3O. The molecule has 0 atom stereocenters. The zero-order valence-corrected chi connectivity index (χ0v) is 14.4. The molecule has 0 saturated heterocycles. The van der Waals surface area contributed by atoms with E-state index >= 15 is 0 Å². The average molecular weight is 341 g/mol. The molecule has 1 N–H and O–H groups in total. The van der Waals surface area contributed by atoms with E-state index in [1.54, 1.807) is 36.7 Å². The number of benzene rings is 1. The van der Waals surface area contributed by atoms with E-state index in [1.807, 2.05) is 6.07 Å². The fraction of sp³-hybridized carbons (Fsp3) is 0.400. The van der Waals surface area contributed by atoms with Crippen LogP contribution < -0.4 is 5.32 Å². The Kier molecular flexibility index (Phi) is 6.12. The largest absolute Gasteiger partial charge is 0.352 e. The van der Waals surface area contributed by atoms with E-state index in [0.717, 1.165) is 50.9 Å². The number of hydrogen-bond donors (Lipinski definition) is 1. The van der Waals surface area contributed by atoms with Crippen LogP contribution in [0.25, 0.3) is 0 Å². The molecule has 3 rings (SSSR count). The fourth-order valence-corrected chi connectivity index (χ4v) is 3.21. The van der Waals surface area contributed by atoms with E-state index in [1.165, 1.54) is 5.56 Å². The lowest BCUT2D eigenvalue weighted by Gasteiger charge is -2.14. The Morgan fingerprint density at radius 3 is 2.80 bits per heavy atom. The van der Waals surface area contributed by atoms with Gasteiger partial charge in [0.05, 0.1) is 5.56 Å². The highest BCUT2D eigenvalue weighted by atomic mass is 19.1. The summed E-state index contributed by atoms with van der Waals surface area (Å²) in [4.78, 5) is 18.2. The third kappa shape index (κ3) is 5.10. The molecule has 0 unspecified atom stereocenters. The lowest BCUT2D eigenvalue weighted by atomic mass is 10.1. The van der Waals surface area contributed by atoms with Gasteiger partial charge < -0.3 is 5.32 Å². The predicted molar refractivity (Wildman–Crippen MR) is 95.6 cm³/mol. The highest BCUT2D eigenvalue weighted by molar-refractivity contribution is 5.93. The molecule has 5 heteroatoms. The zero-order chi connectivity index (χ0) is 17.5. The van der Waals surface area contributed by atoms with Gasteiger partial charge in [-0.2, -0.15) is 0 Å². The first-order valence-electron chi connectivity index (χ1n) is 8.90. The molecule has 1 amide bonds. The van der Waals surface area contributed by atoms with E-state index < -0.39 is 0 Å². The predicted octanol–water partition coefficient (Wildman–Crippen LogP) is 3.53. The number of aromatic nitrogens is 1. The summed E-state index contributed by atoms with van der Waals surface area (Å²) < 4.78 is 13.2. The van der Waals surface area contributed by atoms with Crippen molar-refractivity contribution in [1.29, 1.82) is 0 Å². The number of rotatable bonds is 8. The van der Waals surface area contributed by atoms with Crippen LogP contribution in [0.5, 0.6) is 0 Å². The molecule has 0 saturated carbocycles. The quantitative estimate of drug-likeness (QED) is 0.747. The molecule has 1 aliphatic rings. The van der Waals surface area contributed by atoms with Crippen LogP contribution in [-0.2, 0) is 13.1 Å². The van der Waals surface area contributed by atoms with Gasteiger partial charge in [-0.15, -0.1) is 0 Å². The van der Waals surface area contributed by atoms with Crippen LogP contribution in [0.3, 0.4) is 0 Å². The second-order valence-electron chi connectivity index (χ2n) is 6.54. The van der Waals surface area contributed by atoms with Crippen LogP contribution in [0, 0.1) is 5.82 Å². The monoisotopic (exact) mass is 341 g/mol. The van der Waals surface area contributed by atoms with Crippen molar-refractivity contribution in [2.24, 2.45) is 0 Å². The van der Waals surface area contributed by atoms with Crippen molar-refractivity contribution in [3.63, 3.8) is 0 Å². The number of pyridine rings is 1. The molecule has 1 aromatic carbocycles. The summed E-state index contributed by atoms with van der Waals surface area (Å²) in [5.74, 6) is -0.205. The highest BCUT2D eigenvalue weighted by Crippen LogP contribution is 2.23. The summed E-state index contributed by atoms with van der Waals surface area (Å²) in [6.07, 6.45) is 7.60. The smallest absolute Gasteiger partial charge is 0.252 e. The molecule has 2 aromatic rings. The van der Waals surface area contributed by atoms with Crippen molar-refractivity contribution in [2.75, 3.05) is 13.1 Å². The maximum absolute atomic E-state index is 13.2. The van der Waals surface area contributed by atoms with Crippen molar-refractivity contribution in [3.05, 3.63) is 65.2 Å². The van der Waals surface area contributed by atoms with Crippen molar-refractivity contribution < 1.29 is 9.18 Å². The highest BCUT2D eigenvalue weighted by Gasteiger charge is 2.18. The average Bonchev–Trinajstić information content (AvgIpc) is 3.03. The number of fused-ring (bicyclic) bond motifs is 1. The third-order valence-corrected chi connectivity index (χ3v) is 4.57. The van der Waals surface area contributed by atoms with E-state index in [0.29, 0.717) is 12.1 Å². The maximum Gasteiger partial charge on any atom is 0.252 e. The number of unbranched alkanes of at least 4 members (excludes halogenated alkanes) is 3. The van der Waals surface area contributed by atoms with Crippen molar-refractivity contribution in [3.8, 4) is 0 Å². The van der Waals surface area contributed by atoms with Gasteiger partial charge in [0.2, 0.25) is 0 Å². The number of nitrogens with zero attached hydrogens (tertiary/aromatic N) is 2. The van der Waals surface area contributed by atoms with E-state index in [2.05, 4.69) is 15.2 Å². The molecule has 1 aromatic heterocycles. The van der Waals surface area contributed by atoms with Crippen LogP contribution in [0.2, 0.25) is 0 Å². The number of amides is 1. The Labute approximate surface area is 148 Å². The first-order valence-corrected chi connectivity index (χ1v) is 8.90. The van der Waals surface area contributed by atoms with Crippen molar-refractivity contribution >= 4 is 5.91 Å². The Morgan fingerprint density at radius 1 is 1.12 bits per heavy atom. The molecule has 132 valence electrons. The summed E-state index contributed by atoms with van der Waals surface area (Å²) in [6.45, 7) is 3.52. The van der Waals surface area contributed by atoms with Crippen LogP contribution in [0.1, 0.15) is 47.2 Å². The Bertz CT molecular complexity index is 705. The topological polar surface area (TPSA) is 45.2 Å². The molecule has 0 aliphatic carbocycles. The number of carbonyl (C=O) groups excluding carboxylic acids is 1. The van der Waals surface area contributed by atoms with Crippen LogP contribution in [0.15, 0.2) is 42.7 Å². The van der Waals surface area contributed by atoms with Gasteiger partial charge in [0, 0.05) is 32.0 Å². The molecule has 0 fully saturated rings. The zero-order valence-electron chi connectivity index (χ0n) is 14.4. The molecule has 1 aliphatic heterocycles. The summed E-state index contributed by atoms with van der Waals surface area (Å²) >= 11 is 0. The standard InChI is InChI=1S/C20H24FN3O/c21-19-8-7-17-14-24(15-18(17)12-19)11-4-2-1-3-10-23-20(25)16-6-5-9-22-13-16/h5-9,12-13H,1-4,10-11,14-15H2,(H,23,25). The van der Waals surface area contributed by atoms with E-state index in [9.17, 15) is 9.18 Å². The number of carbonyl (C=O) groups is 1. The van der Waals surface area contributed by atoms with Gasteiger partial charge in [0.25, 0.3) is 5.91 Å². The fourth-order valence-electron chi connectivity index (χ4n) is 3.21. The van der Waals surface area contributed by atoms with E-state index in [-0.39, 0.29) is 11.7 Å². The van der Waals surface area contributed by atoms with Crippen molar-refractivity contribution in [1.82, 2.24) is 15.2 Å². The van der Waals surface area contributed by atoms with Crippen LogP contribution >= 0.6 is 0 Å². The third-order valence-electron chi connectivity index (χ3n) is 4.57. The van der Waals surface area contributed by atoms with Gasteiger partial charge in [-0.3, -0.25) is 14.7 Å². The van der Waals surface area contributed by atoms with Crippen LogP contribution in [-0.4, -0.2) is 28.9 Å². The van der Waals surface area contributed by atoms with Crippen molar-refractivity contribution in [2.45, 2.75) is 38.8 Å². The van der Waals surface area contributed by atoms with Gasteiger partial charge in [-0.05, 0) is 54.8 Å². The molecule has 0 radical (unpaired) electrons. The first kappa shape index (κ1) is 17.5. The molecule has 4 nitrogen and oxygen atoms in total. The normalized spacial score (nSPS) is 13.6. The Morgan fingerprint density at radius 2 is 1.96 bits per heavy atom. The van der Waals surface area contributed by atoms with Gasteiger partial charge in [0.1, 0.15) is 5.82 Å². The van der Waals surface area contributed by atoms with Crippen LogP contribution in [0.4, 0.5) is 4.39 Å². The minimum absolute atomic E-state index is 0.0600. The molecule has 0 bridgehead atoms. The summed E-state index contributed by atoms with van der Waals surface area (Å²) in [7, 11) is 0. The van der Waals surface area contributed by atoms with E-state index in [4.69, 9.17) is 0 Å². The van der Waals surface area contributed by atoms with Gasteiger partial charge in [0.15, 0.2) is 0 Å². The second-order valence-corrected chi connectivity index (χ2v) is 6.54. The first-order chi connectivity index (χ1) is 12.2. The minimum atomic E-state index is -0.145. The van der Waals surface area contributed by atoms with Gasteiger partial charge in [-0.1, -0.05) is 18.9 Å². The summed E-state index contributed by atoms with van der Waals surface area (Å²) in [6, 6.07) is 8.63. The second kappa shape index (κ2) is 8.72. The van der Waals surface area contributed by atoms with Gasteiger partial charge in [-0.25, -0.2) is 4.39 Å². The molecule has 0 spiro atoms.